The van der Waals surface area contributed by atoms with Crippen LogP contribution >= 0.6 is 11.6 Å². The number of rotatable bonds is 6. The van der Waals surface area contributed by atoms with Crippen molar-refractivity contribution in [2.24, 2.45) is 5.73 Å². The highest BCUT2D eigenvalue weighted by molar-refractivity contribution is 6.29. The fourth-order valence-electron chi connectivity index (χ4n) is 2.60. The van der Waals surface area contributed by atoms with Crippen LogP contribution in [-0.4, -0.2) is 41.6 Å². The molecule has 2 unspecified atom stereocenters. The Morgan fingerprint density at radius 2 is 2.32 bits per heavy atom. The first-order valence-electron chi connectivity index (χ1n) is 8.05. The summed E-state index contributed by atoms with van der Waals surface area (Å²) in [5, 5.41) is 7.12. The van der Waals surface area contributed by atoms with Crippen molar-refractivity contribution >= 4 is 23.2 Å². The van der Waals surface area contributed by atoms with Crippen LogP contribution in [0.3, 0.4) is 0 Å². The van der Waals surface area contributed by atoms with E-state index in [0.717, 1.165) is 12.1 Å². The van der Waals surface area contributed by atoms with Crippen molar-refractivity contribution in [2.45, 2.75) is 18.9 Å². The average molecular weight is 362 g/mol. The Kier molecular flexibility index (Phi) is 5.35. The molecule has 0 bridgehead atoms. The largest absolute Gasteiger partial charge is 0.470 e. The van der Waals surface area contributed by atoms with Gasteiger partial charge in [-0.3, -0.25) is 4.79 Å². The van der Waals surface area contributed by atoms with Crippen molar-refractivity contribution in [3.05, 3.63) is 46.9 Å². The molecule has 1 aliphatic rings. The summed E-state index contributed by atoms with van der Waals surface area (Å²) in [4.78, 5) is 19.4. The van der Waals surface area contributed by atoms with E-state index >= 15 is 0 Å². The Labute approximate surface area is 150 Å². The van der Waals surface area contributed by atoms with Gasteiger partial charge in [0.15, 0.2) is 0 Å². The minimum absolute atomic E-state index is 0.0463. The van der Waals surface area contributed by atoms with Crippen molar-refractivity contribution in [3.8, 4) is 5.88 Å². The zero-order valence-corrected chi connectivity index (χ0v) is 14.6. The van der Waals surface area contributed by atoms with Crippen LogP contribution < -0.4 is 21.1 Å². The molecule has 3 rings (SSSR count). The monoisotopic (exact) mass is 361 g/mol. The highest BCUT2D eigenvalue weighted by Gasteiger charge is 2.21. The van der Waals surface area contributed by atoms with Crippen LogP contribution in [0, 0.1) is 0 Å². The summed E-state index contributed by atoms with van der Waals surface area (Å²) in [6, 6.07) is 5.44. The molecule has 2 aromatic heterocycles. The molecule has 7 nitrogen and oxygen atoms in total. The maximum Gasteiger partial charge on any atom is 0.250 e. The summed E-state index contributed by atoms with van der Waals surface area (Å²) in [6.45, 7) is 4.22. The van der Waals surface area contributed by atoms with Gasteiger partial charge in [0, 0.05) is 25.5 Å². The van der Waals surface area contributed by atoms with E-state index in [1.807, 2.05) is 6.07 Å². The number of fused-ring (bicyclic) bond motifs is 1. The van der Waals surface area contributed by atoms with Crippen LogP contribution in [-0.2, 0) is 0 Å². The lowest BCUT2D eigenvalue weighted by molar-refractivity contribution is 0.0999. The second kappa shape index (κ2) is 7.67. The van der Waals surface area contributed by atoms with Gasteiger partial charge in [0.25, 0.3) is 0 Å². The minimum Gasteiger partial charge on any atom is -0.470 e. The molecule has 0 spiro atoms. The third-order valence-electron chi connectivity index (χ3n) is 4.08. The number of pyridine rings is 2. The first-order valence-corrected chi connectivity index (χ1v) is 8.43. The SMILES string of the molecule is CC(CNCC1CNc2cc(C(N)=O)cnc2O1)c1ccc(Cl)nc1. The molecule has 0 radical (unpaired) electrons. The summed E-state index contributed by atoms with van der Waals surface area (Å²) in [6.07, 6.45) is 3.17. The third kappa shape index (κ3) is 4.37. The minimum atomic E-state index is -0.508. The van der Waals surface area contributed by atoms with E-state index < -0.39 is 5.91 Å². The van der Waals surface area contributed by atoms with Crippen molar-refractivity contribution in [2.75, 3.05) is 25.0 Å². The highest BCUT2D eigenvalue weighted by atomic mass is 35.5. The smallest absolute Gasteiger partial charge is 0.250 e. The molecule has 1 aliphatic heterocycles. The quantitative estimate of drug-likeness (QED) is 0.678. The lowest BCUT2D eigenvalue weighted by Gasteiger charge is -2.27. The van der Waals surface area contributed by atoms with Crippen LogP contribution in [0.2, 0.25) is 5.15 Å². The van der Waals surface area contributed by atoms with E-state index in [-0.39, 0.29) is 6.10 Å². The van der Waals surface area contributed by atoms with Crippen molar-refractivity contribution < 1.29 is 9.53 Å². The van der Waals surface area contributed by atoms with Crippen molar-refractivity contribution in [1.29, 1.82) is 0 Å². The van der Waals surface area contributed by atoms with E-state index in [1.165, 1.54) is 6.20 Å². The standard InChI is InChI=1S/C17H20ClN5O2/c1-10(11-2-3-15(18)22-6-11)5-20-8-13-9-21-14-4-12(16(19)24)7-23-17(14)25-13/h2-4,6-7,10,13,20-21H,5,8-9H2,1H3,(H2,19,24). The van der Waals surface area contributed by atoms with Gasteiger partial charge in [-0.15, -0.1) is 0 Å². The Bertz CT molecular complexity index is 753. The predicted octanol–water partition coefficient (Wildman–Crippen LogP) is 1.80. The van der Waals surface area contributed by atoms with E-state index in [2.05, 4.69) is 27.5 Å². The van der Waals surface area contributed by atoms with Gasteiger partial charge in [-0.05, 0) is 23.6 Å². The summed E-state index contributed by atoms with van der Waals surface area (Å²) in [7, 11) is 0. The maximum atomic E-state index is 11.2. The molecule has 1 amide bonds. The normalized spacial score (nSPS) is 17.1. The number of nitrogens with zero attached hydrogens (tertiary/aromatic N) is 2. The number of nitrogens with one attached hydrogen (secondary N) is 2. The van der Waals surface area contributed by atoms with E-state index in [9.17, 15) is 4.79 Å². The van der Waals surface area contributed by atoms with Gasteiger partial charge in [0.05, 0.1) is 17.8 Å². The Morgan fingerprint density at radius 3 is 3.04 bits per heavy atom. The number of halogens is 1. The first-order chi connectivity index (χ1) is 12.0. The summed E-state index contributed by atoms with van der Waals surface area (Å²) in [5.41, 5.74) is 7.43. The van der Waals surface area contributed by atoms with Gasteiger partial charge in [0.1, 0.15) is 11.3 Å². The van der Waals surface area contributed by atoms with Gasteiger partial charge < -0.3 is 21.1 Å². The number of nitrogens with two attached hydrogens (primary N) is 1. The van der Waals surface area contributed by atoms with Gasteiger partial charge >= 0.3 is 0 Å². The number of amides is 1. The molecule has 0 fully saturated rings. The Balaban J connectivity index is 1.50. The first kappa shape index (κ1) is 17.4. The molecule has 4 N–H and O–H groups in total. The number of carbonyl (C=O) groups is 1. The topological polar surface area (TPSA) is 102 Å². The maximum absolute atomic E-state index is 11.2. The van der Waals surface area contributed by atoms with Crippen LogP contribution in [0.4, 0.5) is 5.69 Å². The number of carbonyl (C=O) groups excluding carboxylic acids is 1. The number of aromatic nitrogens is 2. The molecule has 0 saturated carbocycles. The molecule has 8 heteroatoms. The fourth-order valence-corrected chi connectivity index (χ4v) is 2.71. The second-order valence-electron chi connectivity index (χ2n) is 6.04. The third-order valence-corrected chi connectivity index (χ3v) is 4.30. The van der Waals surface area contributed by atoms with E-state index in [4.69, 9.17) is 22.1 Å². The zero-order chi connectivity index (χ0) is 17.8. The molecular weight excluding hydrogens is 342 g/mol. The predicted molar refractivity (Wildman–Crippen MR) is 96.2 cm³/mol. The molecular formula is C17H20ClN5O2. The van der Waals surface area contributed by atoms with Crippen LogP contribution in [0.25, 0.3) is 0 Å². The van der Waals surface area contributed by atoms with E-state index in [0.29, 0.717) is 41.3 Å². The number of ether oxygens (including phenoxy) is 1. The molecule has 2 aromatic rings. The molecule has 0 aliphatic carbocycles. The van der Waals surface area contributed by atoms with Crippen LogP contribution in [0.15, 0.2) is 30.6 Å². The van der Waals surface area contributed by atoms with Crippen molar-refractivity contribution in [1.82, 2.24) is 15.3 Å². The molecule has 3 heterocycles. The molecule has 2 atom stereocenters. The lowest BCUT2D eigenvalue weighted by Crippen LogP contribution is -2.40. The summed E-state index contributed by atoms with van der Waals surface area (Å²) in [5.74, 6) is 0.286. The van der Waals surface area contributed by atoms with Crippen molar-refractivity contribution in [3.63, 3.8) is 0 Å². The lowest BCUT2D eigenvalue weighted by atomic mass is 10.0. The molecule has 132 valence electrons. The fraction of sp³-hybridized carbons (Fsp3) is 0.353. The number of hydrogen-bond acceptors (Lipinski definition) is 6. The van der Waals surface area contributed by atoms with Gasteiger partial charge in [-0.1, -0.05) is 24.6 Å². The molecule has 25 heavy (non-hydrogen) atoms. The van der Waals surface area contributed by atoms with Gasteiger partial charge in [-0.2, -0.15) is 0 Å². The summed E-state index contributed by atoms with van der Waals surface area (Å²) >= 11 is 5.81. The highest BCUT2D eigenvalue weighted by Crippen LogP contribution is 2.27. The Morgan fingerprint density at radius 1 is 1.48 bits per heavy atom. The van der Waals surface area contributed by atoms with Crippen LogP contribution in [0.1, 0.15) is 28.8 Å². The molecule has 0 saturated heterocycles. The second-order valence-corrected chi connectivity index (χ2v) is 6.42. The zero-order valence-electron chi connectivity index (χ0n) is 13.8. The molecule has 0 aromatic carbocycles. The van der Waals surface area contributed by atoms with Crippen LogP contribution in [0.5, 0.6) is 5.88 Å². The Hall–Kier alpha value is -2.38. The number of hydrogen-bond donors (Lipinski definition) is 3. The number of primary amides is 1. The van der Waals surface area contributed by atoms with Gasteiger partial charge in [-0.25, -0.2) is 9.97 Å². The average Bonchev–Trinajstić information content (AvgIpc) is 2.61. The summed E-state index contributed by atoms with van der Waals surface area (Å²) < 4.78 is 5.85. The van der Waals surface area contributed by atoms with Gasteiger partial charge in [0.2, 0.25) is 11.8 Å². The number of anilines is 1. The van der Waals surface area contributed by atoms with E-state index in [1.54, 1.807) is 18.3 Å².